The van der Waals surface area contributed by atoms with E-state index in [1.807, 2.05) is 20.8 Å². The van der Waals surface area contributed by atoms with Gasteiger partial charge in [-0.1, -0.05) is 19.3 Å². The second kappa shape index (κ2) is 8.36. The molecule has 1 unspecified atom stereocenters. The molecule has 1 atom stereocenters. The van der Waals surface area contributed by atoms with Gasteiger partial charge in [0.25, 0.3) is 0 Å². The fraction of sp³-hybridized carbons (Fsp3) is 0.875. The first kappa shape index (κ1) is 18.7. The van der Waals surface area contributed by atoms with Crippen LogP contribution in [0.15, 0.2) is 0 Å². The van der Waals surface area contributed by atoms with Gasteiger partial charge in [-0.2, -0.15) is 0 Å². The van der Waals surface area contributed by atoms with Gasteiger partial charge in [-0.25, -0.2) is 9.86 Å². The van der Waals surface area contributed by atoms with Gasteiger partial charge in [0.05, 0.1) is 7.11 Å². The minimum atomic E-state index is -0.547. The molecular formula is C16H30N2O4. The molecule has 0 bridgehead atoms. The van der Waals surface area contributed by atoms with E-state index in [1.54, 1.807) is 7.05 Å². The van der Waals surface area contributed by atoms with Crippen LogP contribution in [0.1, 0.15) is 59.3 Å². The van der Waals surface area contributed by atoms with Crippen molar-refractivity contribution in [3.8, 4) is 0 Å². The van der Waals surface area contributed by atoms with Crippen molar-refractivity contribution in [1.29, 1.82) is 0 Å². The molecule has 0 aliphatic heterocycles. The normalized spacial score (nSPS) is 17.7. The number of ether oxygens (including phenoxy) is 1. The molecule has 0 saturated heterocycles. The van der Waals surface area contributed by atoms with Crippen molar-refractivity contribution >= 4 is 12.0 Å². The predicted molar refractivity (Wildman–Crippen MR) is 84.1 cm³/mol. The van der Waals surface area contributed by atoms with Gasteiger partial charge in [0.15, 0.2) is 0 Å². The first-order valence-electron chi connectivity index (χ1n) is 8.03. The average Bonchev–Trinajstić information content (AvgIpc) is 2.44. The summed E-state index contributed by atoms with van der Waals surface area (Å²) < 4.78 is 5.32. The fourth-order valence-corrected chi connectivity index (χ4v) is 2.75. The number of nitrogens with zero attached hydrogens (tertiary/aromatic N) is 1. The Morgan fingerprint density at radius 1 is 1.23 bits per heavy atom. The van der Waals surface area contributed by atoms with Gasteiger partial charge in [0, 0.05) is 19.5 Å². The quantitative estimate of drug-likeness (QED) is 0.792. The molecule has 1 saturated carbocycles. The van der Waals surface area contributed by atoms with Gasteiger partial charge in [0.2, 0.25) is 5.91 Å². The summed E-state index contributed by atoms with van der Waals surface area (Å²) in [5.41, 5.74) is -0.547. The van der Waals surface area contributed by atoms with E-state index in [0.717, 1.165) is 25.7 Å². The van der Waals surface area contributed by atoms with Gasteiger partial charge in [-0.3, -0.25) is 9.63 Å². The molecule has 0 aromatic rings. The highest BCUT2D eigenvalue weighted by Crippen LogP contribution is 2.28. The molecule has 6 nitrogen and oxygen atoms in total. The van der Waals surface area contributed by atoms with Crippen LogP contribution >= 0.6 is 0 Å². The SMILES string of the molecule is CON(C)C(=O)CC(NC(=O)OC(C)(C)C)C1CCCCC1. The van der Waals surface area contributed by atoms with Crippen LogP contribution in [0.3, 0.4) is 0 Å². The summed E-state index contributed by atoms with van der Waals surface area (Å²) in [6.45, 7) is 5.48. The number of hydroxylamine groups is 2. The summed E-state index contributed by atoms with van der Waals surface area (Å²) in [6.07, 6.45) is 5.35. The molecule has 128 valence electrons. The lowest BCUT2D eigenvalue weighted by Crippen LogP contribution is -2.46. The Morgan fingerprint density at radius 2 is 1.82 bits per heavy atom. The lowest BCUT2D eigenvalue weighted by molar-refractivity contribution is -0.169. The lowest BCUT2D eigenvalue weighted by Gasteiger charge is -2.32. The first-order chi connectivity index (χ1) is 10.2. The van der Waals surface area contributed by atoms with Crippen molar-refractivity contribution in [2.24, 2.45) is 5.92 Å². The Kier molecular flexibility index (Phi) is 7.13. The van der Waals surface area contributed by atoms with Crippen LogP contribution in [0.4, 0.5) is 4.79 Å². The fourth-order valence-electron chi connectivity index (χ4n) is 2.75. The average molecular weight is 314 g/mol. The molecule has 1 N–H and O–H groups in total. The summed E-state index contributed by atoms with van der Waals surface area (Å²) in [7, 11) is 3.03. The van der Waals surface area contributed by atoms with Crippen LogP contribution in [-0.2, 0) is 14.4 Å². The number of nitrogens with one attached hydrogen (secondary N) is 1. The van der Waals surface area contributed by atoms with Crippen LogP contribution in [0, 0.1) is 5.92 Å². The topological polar surface area (TPSA) is 67.9 Å². The molecule has 0 aromatic carbocycles. The molecule has 1 aliphatic carbocycles. The van der Waals surface area contributed by atoms with Crippen molar-refractivity contribution in [3.63, 3.8) is 0 Å². The van der Waals surface area contributed by atoms with E-state index in [-0.39, 0.29) is 18.4 Å². The molecule has 6 heteroatoms. The smallest absolute Gasteiger partial charge is 0.407 e. The second-order valence-corrected chi connectivity index (χ2v) is 6.93. The van der Waals surface area contributed by atoms with Crippen LogP contribution in [0.25, 0.3) is 0 Å². The van der Waals surface area contributed by atoms with Crippen LogP contribution in [0.2, 0.25) is 0 Å². The maximum absolute atomic E-state index is 12.1. The zero-order chi connectivity index (χ0) is 16.8. The molecule has 1 fully saturated rings. The number of amides is 2. The Bertz CT molecular complexity index is 373. The Labute approximate surface area is 133 Å². The Hall–Kier alpha value is -1.30. The minimum Gasteiger partial charge on any atom is -0.444 e. The Balaban J connectivity index is 2.68. The van der Waals surface area contributed by atoms with Gasteiger partial charge in [-0.15, -0.1) is 0 Å². The van der Waals surface area contributed by atoms with E-state index in [1.165, 1.54) is 18.6 Å². The van der Waals surface area contributed by atoms with Crippen LogP contribution in [-0.4, -0.2) is 42.9 Å². The molecule has 1 aliphatic rings. The maximum atomic E-state index is 12.1. The molecule has 0 spiro atoms. The third-order valence-corrected chi connectivity index (χ3v) is 3.94. The summed E-state index contributed by atoms with van der Waals surface area (Å²) in [5.74, 6) is 0.171. The lowest BCUT2D eigenvalue weighted by atomic mass is 9.82. The highest BCUT2D eigenvalue weighted by molar-refractivity contribution is 5.76. The standard InChI is InChI=1S/C16H30N2O4/c1-16(2,3)22-15(20)17-13(11-14(19)18(4)21-5)12-9-7-6-8-10-12/h12-13H,6-11H2,1-5H3,(H,17,20). The number of carbonyl (C=O) groups excluding carboxylic acids is 2. The molecule has 22 heavy (non-hydrogen) atoms. The Morgan fingerprint density at radius 3 is 2.32 bits per heavy atom. The molecule has 2 amide bonds. The third-order valence-electron chi connectivity index (χ3n) is 3.94. The van der Waals surface area contributed by atoms with Gasteiger partial charge < -0.3 is 10.1 Å². The van der Waals surface area contributed by atoms with E-state index >= 15 is 0 Å². The van der Waals surface area contributed by atoms with E-state index < -0.39 is 11.7 Å². The molecular weight excluding hydrogens is 284 g/mol. The van der Waals surface area contributed by atoms with Crippen LogP contribution in [0.5, 0.6) is 0 Å². The highest BCUT2D eigenvalue weighted by Gasteiger charge is 2.29. The summed E-state index contributed by atoms with van der Waals surface area (Å²) in [5, 5.41) is 4.09. The largest absolute Gasteiger partial charge is 0.444 e. The molecule has 0 heterocycles. The highest BCUT2D eigenvalue weighted by atomic mass is 16.7. The van der Waals surface area contributed by atoms with Crippen molar-refractivity contribution in [2.45, 2.75) is 70.9 Å². The zero-order valence-electron chi connectivity index (χ0n) is 14.5. The monoisotopic (exact) mass is 314 g/mol. The third kappa shape index (κ3) is 6.64. The maximum Gasteiger partial charge on any atom is 0.407 e. The summed E-state index contributed by atoms with van der Waals surface area (Å²) in [6, 6.07) is -0.208. The van der Waals surface area contributed by atoms with E-state index in [9.17, 15) is 9.59 Å². The van der Waals surface area contributed by atoms with Crippen LogP contribution < -0.4 is 5.32 Å². The van der Waals surface area contributed by atoms with Crippen molar-refractivity contribution in [2.75, 3.05) is 14.2 Å². The van der Waals surface area contributed by atoms with E-state index in [0.29, 0.717) is 5.92 Å². The number of carbonyl (C=O) groups is 2. The zero-order valence-corrected chi connectivity index (χ0v) is 14.5. The number of rotatable bonds is 5. The second-order valence-electron chi connectivity index (χ2n) is 6.93. The minimum absolute atomic E-state index is 0.144. The molecule has 1 rings (SSSR count). The summed E-state index contributed by atoms with van der Waals surface area (Å²) >= 11 is 0. The molecule has 0 aromatic heterocycles. The van der Waals surface area contributed by atoms with Crippen molar-refractivity contribution < 1.29 is 19.2 Å². The van der Waals surface area contributed by atoms with E-state index in [4.69, 9.17) is 9.57 Å². The van der Waals surface area contributed by atoms with E-state index in [2.05, 4.69) is 5.32 Å². The number of hydrogen-bond acceptors (Lipinski definition) is 4. The van der Waals surface area contributed by atoms with Crippen molar-refractivity contribution in [3.05, 3.63) is 0 Å². The first-order valence-corrected chi connectivity index (χ1v) is 8.03. The molecule has 0 radical (unpaired) electrons. The van der Waals surface area contributed by atoms with Gasteiger partial charge in [-0.05, 0) is 39.5 Å². The predicted octanol–water partition coefficient (Wildman–Crippen LogP) is 2.87. The summed E-state index contributed by atoms with van der Waals surface area (Å²) in [4.78, 5) is 29.1. The van der Waals surface area contributed by atoms with Crippen molar-refractivity contribution in [1.82, 2.24) is 10.4 Å². The van der Waals surface area contributed by atoms with Gasteiger partial charge in [0.1, 0.15) is 5.60 Å². The number of hydrogen-bond donors (Lipinski definition) is 1. The van der Waals surface area contributed by atoms with Gasteiger partial charge >= 0.3 is 6.09 Å². The number of alkyl carbamates (subject to hydrolysis) is 1.